The largest absolute Gasteiger partial charge is 0.453 e. The fourth-order valence-corrected chi connectivity index (χ4v) is 4.42. The molecule has 2 aromatic heterocycles. The van der Waals surface area contributed by atoms with Crippen LogP contribution in [-0.4, -0.2) is 26.4 Å². The zero-order chi connectivity index (χ0) is 21.1. The number of benzene rings is 2. The van der Waals surface area contributed by atoms with E-state index in [0.29, 0.717) is 23.3 Å². The first-order chi connectivity index (χ1) is 14.5. The van der Waals surface area contributed by atoms with Crippen LogP contribution in [0.1, 0.15) is 25.5 Å². The van der Waals surface area contributed by atoms with Gasteiger partial charge in [0.05, 0.1) is 11.8 Å². The number of rotatable bonds is 7. The van der Waals surface area contributed by atoms with Crippen molar-refractivity contribution in [3.63, 3.8) is 0 Å². The van der Waals surface area contributed by atoms with Crippen LogP contribution in [0.25, 0.3) is 22.6 Å². The van der Waals surface area contributed by atoms with Crippen LogP contribution in [0.15, 0.2) is 68.6 Å². The molecule has 4 aromatic rings. The Bertz CT molecular complexity index is 1170. The highest BCUT2D eigenvalue weighted by molar-refractivity contribution is 9.10. The van der Waals surface area contributed by atoms with E-state index in [0.717, 1.165) is 21.0 Å². The SMILES string of the molecule is CCn1c(SCC(=O)N[C@H](C)c2ccccc2)nnc1-c1cc2cc(Br)ccc2o1. The molecule has 0 spiro atoms. The molecular weight excluding hydrogens is 464 g/mol. The second-order valence-electron chi connectivity index (χ2n) is 6.83. The number of amides is 1. The van der Waals surface area contributed by atoms with Crippen LogP contribution in [0.3, 0.4) is 0 Å². The molecular formula is C22H21BrN4O2S. The van der Waals surface area contributed by atoms with Crippen LogP contribution in [0.4, 0.5) is 0 Å². The van der Waals surface area contributed by atoms with E-state index >= 15 is 0 Å². The van der Waals surface area contributed by atoms with Gasteiger partial charge in [0.1, 0.15) is 5.58 Å². The van der Waals surface area contributed by atoms with Crippen LogP contribution in [0.5, 0.6) is 0 Å². The fraction of sp³-hybridized carbons (Fsp3) is 0.227. The van der Waals surface area contributed by atoms with Crippen molar-refractivity contribution in [2.45, 2.75) is 31.6 Å². The number of halogens is 1. The van der Waals surface area contributed by atoms with Gasteiger partial charge in [0.15, 0.2) is 10.9 Å². The number of hydrogen-bond acceptors (Lipinski definition) is 5. The number of furan rings is 1. The Morgan fingerprint density at radius 1 is 1.20 bits per heavy atom. The molecule has 0 aliphatic carbocycles. The third-order valence-corrected chi connectivity index (χ3v) is 6.20. The molecule has 0 bridgehead atoms. The van der Waals surface area contributed by atoms with Gasteiger partial charge in [-0.05, 0) is 43.7 Å². The minimum absolute atomic E-state index is 0.0443. The predicted molar refractivity (Wildman–Crippen MR) is 122 cm³/mol. The minimum atomic E-state index is -0.0474. The van der Waals surface area contributed by atoms with Crippen molar-refractivity contribution in [1.29, 1.82) is 0 Å². The molecule has 1 N–H and O–H groups in total. The highest BCUT2D eigenvalue weighted by Crippen LogP contribution is 2.30. The number of carbonyl (C=O) groups is 1. The number of nitrogens with zero attached hydrogens (tertiary/aromatic N) is 3. The summed E-state index contributed by atoms with van der Waals surface area (Å²) in [7, 11) is 0. The molecule has 2 heterocycles. The van der Waals surface area contributed by atoms with Gasteiger partial charge in [0.2, 0.25) is 11.7 Å². The highest BCUT2D eigenvalue weighted by Gasteiger charge is 2.18. The molecule has 6 nitrogen and oxygen atoms in total. The molecule has 0 saturated heterocycles. The molecule has 0 aliphatic rings. The predicted octanol–water partition coefficient (Wildman–Crippen LogP) is 5.44. The van der Waals surface area contributed by atoms with Crippen LogP contribution < -0.4 is 5.32 Å². The second kappa shape index (κ2) is 9.06. The van der Waals surface area contributed by atoms with Gasteiger partial charge in [-0.15, -0.1) is 10.2 Å². The lowest BCUT2D eigenvalue weighted by molar-refractivity contribution is -0.119. The quantitative estimate of drug-likeness (QED) is 0.353. The third-order valence-electron chi connectivity index (χ3n) is 4.74. The molecule has 0 unspecified atom stereocenters. The number of thioether (sulfide) groups is 1. The van der Waals surface area contributed by atoms with Crippen molar-refractivity contribution in [2.24, 2.45) is 0 Å². The summed E-state index contributed by atoms with van der Waals surface area (Å²) in [6.07, 6.45) is 0. The van der Waals surface area contributed by atoms with E-state index in [1.807, 2.05) is 73.0 Å². The van der Waals surface area contributed by atoms with Gasteiger partial charge in [-0.25, -0.2) is 0 Å². The van der Waals surface area contributed by atoms with E-state index in [9.17, 15) is 4.79 Å². The van der Waals surface area contributed by atoms with Crippen LogP contribution in [-0.2, 0) is 11.3 Å². The first-order valence-corrected chi connectivity index (χ1v) is 11.4. The third kappa shape index (κ3) is 4.44. The van der Waals surface area contributed by atoms with Crippen molar-refractivity contribution >= 4 is 44.6 Å². The van der Waals surface area contributed by atoms with Crippen molar-refractivity contribution in [3.05, 3.63) is 64.6 Å². The highest BCUT2D eigenvalue weighted by atomic mass is 79.9. The van der Waals surface area contributed by atoms with Crippen LogP contribution in [0.2, 0.25) is 0 Å². The molecule has 4 rings (SSSR count). The van der Waals surface area contributed by atoms with Crippen LogP contribution in [0, 0.1) is 0 Å². The average molecular weight is 485 g/mol. The average Bonchev–Trinajstić information content (AvgIpc) is 3.35. The van der Waals surface area contributed by atoms with Gasteiger partial charge < -0.3 is 9.73 Å². The molecule has 1 amide bonds. The molecule has 1 atom stereocenters. The Hall–Kier alpha value is -2.58. The van der Waals surface area contributed by atoms with Crippen LogP contribution >= 0.6 is 27.7 Å². The van der Waals surface area contributed by atoms with Crippen molar-refractivity contribution in [2.75, 3.05) is 5.75 Å². The lowest BCUT2D eigenvalue weighted by Crippen LogP contribution is -2.28. The van der Waals surface area contributed by atoms with Crippen molar-refractivity contribution in [1.82, 2.24) is 20.1 Å². The number of hydrogen-bond donors (Lipinski definition) is 1. The first-order valence-electron chi connectivity index (χ1n) is 9.65. The summed E-state index contributed by atoms with van der Waals surface area (Å²) in [5.74, 6) is 1.54. The Kier molecular flexibility index (Phi) is 6.24. The summed E-state index contributed by atoms with van der Waals surface area (Å²) in [6, 6.07) is 17.7. The van der Waals surface area contributed by atoms with Crippen molar-refractivity contribution in [3.8, 4) is 11.6 Å². The molecule has 30 heavy (non-hydrogen) atoms. The zero-order valence-electron chi connectivity index (χ0n) is 16.6. The topological polar surface area (TPSA) is 73.0 Å². The van der Waals surface area contributed by atoms with Gasteiger partial charge in [-0.3, -0.25) is 9.36 Å². The Balaban J connectivity index is 1.46. The van der Waals surface area contributed by atoms with Gasteiger partial charge in [-0.1, -0.05) is 58.0 Å². The summed E-state index contributed by atoms with van der Waals surface area (Å²) >= 11 is 4.85. The van der Waals surface area contributed by atoms with E-state index in [1.54, 1.807) is 0 Å². The molecule has 154 valence electrons. The summed E-state index contributed by atoms with van der Waals surface area (Å²) < 4.78 is 8.91. The Labute approximate surface area is 187 Å². The zero-order valence-corrected chi connectivity index (χ0v) is 19.0. The maximum atomic E-state index is 12.4. The lowest BCUT2D eigenvalue weighted by Gasteiger charge is -2.14. The first kappa shape index (κ1) is 20.7. The van der Waals surface area contributed by atoms with Crippen molar-refractivity contribution < 1.29 is 9.21 Å². The normalized spacial score (nSPS) is 12.2. The summed E-state index contributed by atoms with van der Waals surface area (Å²) in [4.78, 5) is 12.4. The minimum Gasteiger partial charge on any atom is -0.453 e. The van der Waals surface area contributed by atoms with E-state index in [1.165, 1.54) is 11.8 Å². The number of nitrogens with one attached hydrogen (secondary N) is 1. The summed E-state index contributed by atoms with van der Waals surface area (Å²) in [6.45, 7) is 4.67. The van der Waals surface area contributed by atoms with Gasteiger partial charge >= 0.3 is 0 Å². The Morgan fingerprint density at radius 2 is 2.00 bits per heavy atom. The van der Waals surface area contributed by atoms with E-state index in [2.05, 4.69) is 31.4 Å². The van der Waals surface area contributed by atoms with Gasteiger partial charge in [-0.2, -0.15) is 0 Å². The fourth-order valence-electron chi connectivity index (χ4n) is 3.23. The number of carbonyl (C=O) groups excluding carboxylic acids is 1. The molecule has 0 radical (unpaired) electrons. The van der Waals surface area contributed by atoms with E-state index in [4.69, 9.17) is 4.42 Å². The maximum Gasteiger partial charge on any atom is 0.230 e. The monoisotopic (exact) mass is 484 g/mol. The smallest absolute Gasteiger partial charge is 0.230 e. The molecule has 8 heteroatoms. The number of fused-ring (bicyclic) bond motifs is 1. The summed E-state index contributed by atoms with van der Waals surface area (Å²) in [5.41, 5.74) is 1.87. The van der Waals surface area contributed by atoms with Gasteiger partial charge in [0, 0.05) is 16.4 Å². The standard InChI is InChI=1S/C22H21BrN4O2S/c1-3-27-21(19-12-16-11-17(23)9-10-18(16)29-19)25-26-22(27)30-13-20(28)24-14(2)15-7-5-4-6-8-15/h4-12,14H,3,13H2,1-2H3,(H,24,28)/t14-/m1/s1. The molecule has 0 aliphatic heterocycles. The van der Waals surface area contributed by atoms with Gasteiger partial charge in [0.25, 0.3) is 0 Å². The summed E-state index contributed by atoms with van der Waals surface area (Å²) in [5, 5.41) is 13.3. The van der Waals surface area contributed by atoms with E-state index < -0.39 is 0 Å². The number of aromatic nitrogens is 3. The molecule has 0 saturated carbocycles. The van der Waals surface area contributed by atoms with E-state index in [-0.39, 0.29) is 17.7 Å². The lowest BCUT2D eigenvalue weighted by atomic mass is 10.1. The maximum absolute atomic E-state index is 12.4. The molecule has 2 aromatic carbocycles. The molecule has 0 fully saturated rings. The Morgan fingerprint density at radius 3 is 2.77 bits per heavy atom. The second-order valence-corrected chi connectivity index (χ2v) is 8.69.